The van der Waals surface area contributed by atoms with E-state index in [9.17, 15) is 23.9 Å². The Labute approximate surface area is 190 Å². The Morgan fingerprint density at radius 2 is 1.94 bits per heavy atom. The molecule has 174 valence electrons. The van der Waals surface area contributed by atoms with Crippen LogP contribution in [0.3, 0.4) is 0 Å². The largest absolute Gasteiger partial charge is 0.444 e. The van der Waals surface area contributed by atoms with Crippen molar-refractivity contribution in [3.8, 4) is 0 Å². The predicted molar refractivity (Wildman–Crippen MR) is 113 cm³/mol. The van der Waals surface area contributed by atoms with Crippen molar-refractivity contribution in [1.29, 1.82) is 0 Å². The minimum absolute atomic E-state index is 0.0205. The van der Waals surface area contributed by atoms with Crippen LogP contribution in [-0.2, 0) is 20.9 Å². The Kier molecular flexibility index (Phi) is 5.61. The van der Waals surface area contributed by atoms with Crippen molar-refractivity contribution in [1.82, 2.24) is 15.1 Å². The minimum atomic E-state index is -2.15. The van der Waals surface area contributed by atoms with E-state index in [0.29, 0.717) is 18.7 Å². The first kappa shape index (κ1) is 22.8. The normalized spacial score (nSPS) is 29.2. The van der Waals surface area contributed by atoms with Gasteiger partial charge in [0.05, 0.1) is 0 Å². The maximum absolute atomic E-state index is 13.5. The maximum Gasteiger partial charge on any atom is 0.410 e. The van der Waals surface area contributed by atoms with E-state index in [-0.39, 0.29) is 48.5 Å². The van der Waals surface area contributed by atoms with Crippen molar-refractivity contribution in [3.05, 3.63) is 34.6 Å². The monoisotopic (exact) mass is 467 g/mol. The summed E-state index contributed by atoms with van der Waals surface area (Å²) in [5.74, 6) is -1.75. The summed E-state index contributed by atoms with van der Waals surface area (Å²) in [5, 5.41) is 13.5. The molecular formula is C22H27ClFN3O5. The fourth-order valence-electron chi connectivity index (χ4n) is 4.70. The van der Waals surface area contributed by atoms with E-state index in [0.717, 1.165) is 6.07 Å². The zero-order valence-corrected chi connectivity index (χ0v) is 19.0. The molecule has 3 fully saturated rings. The SMILES string of the molecule is CC(C)(C)OC(=O)N1C[C@@H]2[C@H](C1)[C@H]2N1CCC(O)(C(=O)NCc2cc(F)cc(Cl)c2)C1=O. The molecule has 3 amide bonds. The highest BCUT2D eigenvalue weighted by molar-refractivity contribution is 6.30. The molecule has 0 spiro atoms. The fraction of sp³-hybridized carbons (Fsp3) is 0.591. The molecule has 0 aromatic heterocycles. The molecule has 2 aliphatic heterocycles. The Morgan fingerprint density at radius 1 is 1.28 bits per heavy atom. The van der Waals surface area contributed by atoms with E-state index in [1.807, 2.05) is 20.8 Å². The van der Waals surface area contributed by atoms with E-state index in [1.165, 1.54) is 12.1 Å². The van der Waals surface area contributed by atoms with Gasteiger partial charge in [0.15, 0.2) is 0 Å². The minimum Gasteiger partial charge on any atom is -0.444 e. The van der Waals surface area contributed by atoms with Crippen LogP contribution in [0.2, 0.25) is 5.02 Å². The van der Waals surface area contributed by atoms with Gasteiger partial charge in [-0.2, -0.15) is 0 Å². The molecule has 8 nitrogen and oxygen atoms in total. The highest BCUT2D eigenvalue weighted by Gasteiger charge is 2.64. The molecule has 0 radical (unpaired) electrons. The van der Waals surface area contributed by atoms with Crippen LogP contribution in [-0.4, -0.2) is 69.7 Å². The molecule has 1 aromatic rings. The number of benzene rings is 1. The van der Waals surface area contributed by atoms with Gasteiger partial charge in [0, 0.05) is 55.5 Å². The third-order valence-corrected chi connectivity index (χ3v) is 6.46. The van der Waals surface area contributed by atoms with Crippen LogP contribution in [0.1, 0.15) is 32.8 Å². The molecular weight excluding hydrogens is 441 g/mol. The second kappa shape index (κ2) is 7.88. The summed E-state index contributed by atoms with van der Waals surface area (Å²) in [6.07, 6.45) is -0.391. The molecule has 0 bridgehead atoms. The Morgan fingerprint density at radius 3 is 2.53 bits per heavy atom. The van der Waals surface area contributed by atoms with Crippen molar-refractivity contribution in [2.45, 2.75) is 51.0 Å². The molecule has 2 N–H and O–H groups in total. The zero-order chi connectivity index (χ0) is 23.4. The van der Waals surface area contributed by atoms with Crippen LogP contribution in [0.15, 0.2) is 18.2 Å². The number of likely N-dealkylation sites (tertiary alicyclic amines) is 2. The second-order valence-electron chi connectivity index (χ2n) is 9.77. The first-order valence-corrected chi connectivity index (χ1v) is 11.0. The van der Waals surface area contributed by atoms with Crippen LogP contribution in [0, 0.1) is 17.7 Å². The summed E-state index contributed by atoms with van der Waals surface area (Å²) >= 11 is 5.82. The highest BCUT2D eigenvalue weighted by Crippen LogP contribution is 2.51. The third-order valence-electron chi connectivity index (χ3n) is 6.24. The smallest absolute Gasteiger partial charge is 0.410 e. The topological polar surface area (TPSA) is 99.2 Å². The summed E-state index contributed by atoms with van der Waals surface area (Å²) in [6, 6.07) is 3.78. The first-order chi connectivity index (χ1) is 14.9. The summed E-state index contributed by atoms with van der Waals surface area (Å²) in [4.78, 5) is 41.0. The van der Waals surface area contributed by atoms with Crippen LogP contribution < -0.4 is 5.32 Å². The number of fused-ring (bicyclic) bond motifs is 1. The van der Waals surface area contributed by atoms with Crippen molar-refractivity contribution in [2.24, 2.45) is 11.8 Å². The molecule has 4 rings (SSSR count). The summed E-state index contributed by atoms with van der Waals surface area (Å²) in [7, 11) is 0. The molecule has 3 aliphatic rings. The van der Waals surface area contributed by atoms with Gasteiger partial charge >= 0.3 is 6.09 Å². The summed E-state index contributed by atoms with van der Waals surface area (Å²) < 4.78 is 18.9. The number of amides is 3. The number of aliphatic hydroxyl groups is 1. The van der Waals surface area contributed by atoms with Crippen LogP contribution in [0.4, 0.5) is 9.18 Å². The van der Waals surface area contributed by atoms with Gasteiger partial charge < -0.3 is 25.0 Å². The number of piperidine rings is 1. The van der Waals surface area contributed by atoms with Gasteiger partial charge in [-0.05, 0) is 44.5 Å². The molecule has 2 saturated heterocycles. The predicted octanol–water partition coefficient (Wildman–Crippen LogP) is 1.92. The summed E-state index contributed by atoms with van der Waals surface area (Å²) in [6.45, 7) is 6.59. The molecule has 1 aromatic carbocycles. The number of rotatable bonds is 4. The fourth-order valence-corrected chi connectivity index (χ4v) is 4.94. The van der Waals surface area contributed by atoms with Gasteiger partial charge in [0.1, 0.15) is 11.4 Å². The van der Waals surface area contributed by atoms with Crippen LogP contribution in [0.5, 0.6) is 0 Å². The maximum atomic E-state index is 13.5. The lowest BCUT2D eigenvalue weighted by atomic mass is 10.0. The van der Waals surface area contributed by atoms with Crippen molar-refractivity contribution in [3.63, 3.8) is 0 Å². The standard InChI is InChI=1S/C22H27ClFN3O5/c1-21(2,3)32-20(30)26-10-15-16(11-26)17(15)27-5-4-22(31,19(27)29)18(28)25-9-12-6-13(23)8-14(24)7-12/h6-8,15-17,31H,4-5,9-11H2,1-3H3,(H,25,28)/t15-,16+,17+,22?. The van der Waals surface area contributed by atoms with Gasteiger partial charge in [-0.3, -0.25) is 9.59 Å². The number of ether oxygens (including phenoxy) is 1. The van der Waals surface area contributed by atoms with E-state index >= 15 is 0 Å². The lowest BCUT2D eigenvalue weighted by molar-refractivity contribution is -0.154. The van der Waals surface area contributed by atoms with Crippen molar-refractivity contribution < 1.29 is 28.6 Å². The molecule has 10 heteroatoms. The Hall–Kier alpha value is -2.39. The molecule has 2 heterocycles. The second-order valence-corrected chi connectivity index (χ2v) is 10.2. The number of nitrogens with zero attached hydrogens (tertiary/aromatic N) is 2. The van der Waals surface area contributed by atoms with E-state index in [4.69, 9.17) is 16.3 Å². The number of hydrogen-bond acceptors (Lipinski definition) is 5. The highest BCUT2D eigenvalue weighted by atomic mass is 35.5. The molecule has 32 heavy (non-hydrogen) atoms. The molecule has 1 saturated carbocycles. The van der Waals surface area contributed by atoms with Gasteiger partial charge in [0.2, 0.25) is 5.60 Å². The lowest BCUT2D eigenvalue weighted by Gasteiger charge is -2.28. The zero-order valence-electron chi connectivity index (χ0n) is 18.2. The summed E-state index contributed by atoms with van der Waals surface area (Å²) in [5.41, 5.74) is -2.30. The number of hydrogen-bond donors (Lipinski definition) is 2. The molecule has 4 atom stereocenters. The quantitative estimate of drug-likeness (QED) is 0.659. The van der Waals surface area contributed by atoms with Crippen molar-refractivity contribution >= 4 is 29.5 Å². The number of nitrogens with one attached hydrogen (secondary N) is 1. The average molecular weight is 468 g/mol. The van der Waals surface area contributed by atoms with E-state index in [1.54, 1.807) is 9.80 Å². The number of carbonyl (C=O) groups excluding carboxylic acids is 3. The Balaban J connectivity index is 1.32. The molecule has 1 aliphatic carbocycles. The average Bonchev–Trinajstić information content (AvgIpc) is 3.01. The van der Waals surface area contributed by atoms with E-state index < -0.39 is 28.8 Å². The third kappa shape index (κ3) is 4.28. The van der Waals surface area contributed by atoms with E-state index in [2.05, 4.69) is 5.32 Å². The van der Waals surface area contributed by atoms with Crippen molar-refractivity contribution in [2.75, 3.05) is 19.6 Å². The number of halogens is 2. The Bertz CT molecular complexity index is 935. The number of carbonyl (C=O) groups is 3. The molecule has 1 unspecified atom stereocenters. The van der Waals surface area contributed by atoms with Crippen LogP contribution in [0.25, 0.3) is 0 Å². The first-order valence-electron chi connectivity index (χ1n) is 10.6. The lowest BCUT2D eigenvalue weighted by Crippen LogP contribution is -2.53. The van der Waals surface area contributed by atoms with Gasteiger partial charge in [-0.15, -0.1) is 0 Å². The van der Waals surface area contributed by atoms with Gasteiger partial charge in [-0.1, -0.05) is 11.6 Å². The van der Waals surface area contributed by atoms with Gasteiger partial charge in [-0.25, -0.2) is 9.18 Å². The van der Waals surface area contributed by atoms with Crippen LogP contribution >= 0.6 is 11.6 Å². The van der Waals surface area contributed by atoms with Gasteiger partial charge in [0.25, 0.3) is 11.8 Å².